The molecule has 0 saturated carbocycles. The summed E-state index contributed by atoms with van der Waals surface area (Å²) in [7, 11) is 0. The van der Waals surface area contributed by atoms with Gasteiger partial charge in [-0.15, -0.1) is 0 Å². The van der Waals surface area contributed by atoms with Crippen LogP contribution in [0, 0.1) is 22.7 Å². The molecule has 0 unspecified atom stereocenters. The van der Waals surface area contributed by atoms with Crippen LogP contribution < -0.4 is 4.90 Å². The summed E-state index contributed by atoms with van der Waals surface area (Å²) in [6, 6.07) is 8.93. The summed E-state index contributed by atoms with van der Waals surface area (Å²) in [5.74, 6) is -0.0928. The minimum atomic E-state index is -4.63. The van der Waals surface area contributed by atoms with Gasteiger partial charge in [0.2, 0.25) is 5.91 Å². The first-order valence-corrected chi connectivity index (χ1v) is 10.4. The van der Waals surface area contributed by atoms with Gasteiger partial charge in [-0.25, -0.2) is 0 Å². The van der Waals surface area contributed by atoms with E-state index in [2.05, 4.69) is 4.98 Å². The lowest BCUT2D eigenvalue weighted by molar-refractivity contribution is -0.137. The molecule has 1 aromatic heterocycles. The largest absolute Gasteiger partial charge is 0.417 e. The van der Waals surface area contributed by atoms with Gasteiger partial charge in [-0.05, 0) is 36.2 Å². The number of hydrogen-bond donors (Lipinski definition) is 1. The van der Waals surface area contributed by atoms with E-state index in [4.69, 9.17) is 5.26 Å². The third-order valence-electron chi connectivity index (χ3n) is 6.67. The summed E-state index contributed by atoms with van der Waals surface area (Å²) in [5, 5.41) is 19.2. The number of rotatable bonds is 4. The number of likely N-dealkylation sites (tertiary alicyclic amines) is 1. The molecule has 3 heterocycles. The molecule has 2 aliphatic heterocycles. The van der Waals surface area contributed by atoms with Gasteiger partial charge in [0.05, 0.1) is 30.2 Å². The summed E-state index contributed by atoms with van der Waals surface area (Å²) in [4.78, 5) is 20.4. The Bertz CT molecular complexity index is 1040. The number of aliphatic hydroxyl groups is 1. The van der Waals surface area contributed by atoms with Gasteiger partial charge in [0.1, 0.15) is 0 Å². The average Bonchev–Trinajstić information content (AvgIpc) is 3.18. The van der Waals surface area contributed by atoms with Crippen molar-refractivity contribution in [2.45, 2.75) is 19.0 Å². The van der Waals surface area contributed by atoms with Crippen molar-refractivity contribution in [1.82, 2.24) is 9.88 Å². The molecule has 2 saturated heterocycles. The van der Waals surface area contributed by atoms with Crippen LogP contribution in [0.2, 0.25) is 0 Å². The van der Waals surface area contributed by atoms with Crippen molar-refractivity contribution in [3.05, 3.63) is 59.4 Å². The predicted octanol–water partition coefficient (Wildman–Crippen LogP) is 2.86. The van der Waals surface area contributed by atoms with Gasteiger partial charge < -0.3 is 14.9 Å². The van der Waals surface area contributed by atoms with E-state index in [1.165, 1.54) is 12.1 Å². The number of fused-ring (bicyclic) bond motifs is 1. The van der Waals surface area contributed by atoms with Gasteiger partial charge in [0.25, 0.3) is 0 Å². The fourth-order valence-corrected chi connectivity index (χ4v) is 4.81. The van der Waals surface area contributed by atoms with Gasteiger partial charge in [0.15, 0.2) is 0 Å². The van der Waals surface area contributed by atoms with Crippen molar-refractivity contribution in [3.63, 3.8) is 0 Å². The monoisotopic (exact) mass is 444 g/mol. The normalized spacial score (nSPS) is 23.0. The van der Waals surface area contributed by atoms with Crippen molar-refractivity contribution >= 4 is 11.6 Å². The smallest absolute Gasteiger partial charge is 0.396 e. The summed E-state index contributed by atoms with van der Waals surface area (Å²) in [6.45, 7) is 1.67. The maximum atomic E-state index is 13.4. The Morgan fingerprint density at radius 1 is 1.31 bits per heavy atom. The van der Waals surface area contributed by atoms with E-state index >= 15 is 0 Å². The maximum absolute atomic E-state index is 13.4. The molecule has 9 heteroatoms. The number of aromatic nitrogens is 1. The Labute approximate surface area is 183 Å². The van der Waals surface area contributed by atoms with Crippen LogP contribution in [0.5, 0.6) is 0 Å². The first kappa shape index (κ1) is 22.1. The molecule has 4 rings (SSSR count). The molecule has 32 heavy (non-hydrogen) atoms. The molecule has 1 amide bonds. The Morgan fingerprint density at radius 3 is 2.78 bits per heavy atom. The molecule has 2 aromatic rings. The number of aliphatic hydroxyl groups excluding tert-OH is 1. The van der Waals surface area contributed by atoms with Crippen LogP contribution in [-0.4, -0.2) is 53.7 Å². The van der Waals surface area contributed by atoms with Crippen LogP contribution in [0.4, 0.5) is 18.9 Å². The molecule has 6 nitrogen and oxygen atoms in total. The molecule has 0 bridgehead atoms. The highest BCUT2D eigenvalue weighted by atomic mass is 19.4. The second kappa shape index (κ2) is 8.43. The molecule has 1 aromatic carbocycles. The topological polar surface area (TPSA) is 80.5 Å². The van der Waals surface area contributed by atoms with E-state index in [0.717, 1.165) is 11.6 Å². The zero-order chi connectivity index (χ0) is 22.9. The number of piperidine rings is 1. The number of hydrogen-bond acceptors (Lipinski definition) is 5. The maximum Gasteiger partial charge on any atom is 0.417 e. The first-order valence-electron chi connectivity index (χ1n) is 10.4. The number of nitrogens with zero attached hydrogens (tertiary/aromatic N) is 4. The van der Waals surface area contributed by atoms with Gasteiger partial charge >= 0.3 is 6.18 Å². The lowest BCUT2D eigenvalue weighted by atomic mass is 9.73. The number of carbonyl (C=O) groups excluding carboxylic acids is 1. The van der Waals surface area contributed by atoms with Crippen LogP contribution in [0.1, 0.15) is 23.1 Å². The SMILES string of the molecule is N#Cc1ccc(N2C[C@H]3CN(C(=O)Cc4cccnc4)CC[C@@]3(CO)C2)cc1C(F)(F)F. The second-order valence-electron chi connectivity index (χ2n) is 8.57. The summed E-state index contributed by atoms with van der Waals surface area (Å²) >= 11 is 0. The Kier molecular flexibility index (Phi) is 5.82. The van der Waals surface area contributed by atoms with Crippen molar-refractivity contribution in [1.29, 1.82) is 5.26 Å². The molecule has 0 spiro atoms. The molecule has 168 valence electrons. The molecule has 0 aliphatic carbocycles. The third kappa shape index (κ3) is 4.15. The first-order chi connectivity index (χ1) is 15.3. The highest BCUT2D eigenvalue weighted by Gasteiger charge is 2.50. The summed E-state index contributed by atoms with van der Waals surface area (Å²) < 4.78 is 40.2. The molecular weight excluding hydrogens is 421 g/mol. The lowest BCUT2D eigenvalue weighted by Crippen LogP contribution is -2.51. The average molecular weight is 444 g/mol. The van der Waals surface area contributed by atoms with Crippen LogP contribution in [0.25, 0.3) is 0 Å². The number of pyridine rings is 1. The van der Waals surface area contributed by atoms with E-state index in [-0.39, 0.29) is 24.9 Å². The fourth-order valence-electron chi connectivity index (χ4n) is 4.81. The van der Waals surface area contributed by atoms with Crippen molar-refractivity contribution in [2.75, 3.05) is 37.7 Å². The predicted molar refractivity (Wildman–Crippen MR) is 111 cm³/mol. The highest BCUT2D eigenvalue weighted by molar-refractivity contribution is 5.79. The lowest BCUT2D eigenvalue weighted by Gasteiger charge is -2.42. The van der Waals surface area contributed by atoms with Crippen molar-refractivity contribution < 1.29 is 23.1 Å². The van der Waals surface area contributed by atoms with E-state index in [9.17, 15) is 23.1 Å². The number of carbonyl (C=O) groups is 1. The second-order valence-corrected chi connectivity index (χ2v) is 8.57. The van der Waals surface area contributed by atoms with Crippen molar-refractivity contribution in [3.8, 4) is 6.07 Å². The molecule has 2 atom stereocenters. The number of halogens is 3. The zero-order valence-electron chi connectivity index (χ0n) is 17.3. The van der Waals surface area contributed by atoms with E-state index in [1.54, 1.807) is 29.4 Å². The summed E-state index contributed by atoms with van der Waals surface area (Å²) in [5.41, 5.74) is -0.661. The quantitative estimate of drug-likeness (QED) is 0.785. The number of nitriles is 1. The van der Waals surface area contributed by atoms with Crippen molar-refractivity contribution in [2.24, 2.45) is 11.3 Å². The van der Waals surface area contributed by atoms with Gasteiger partial charge in [-0.2, -0.15) is 18.4 Å². The van der Waals surface area contributed by atoms with E-state index in [1.807, 2.05) is 11.0 Å². The van der Waals surface area contributed by atoms with E-state index in [0.29, 0.717) is 38.3 Å². The molecule has 1 N–H and O–H groups in total. The van der Waals surface area contributed by atoms with E-state index < -0.39 is 22.7 Å². The molecule has 2 fully saturated rings. The van der Waals surface area contributed by atoms with Gasteiger partial charge in [-0.1, -0.05) is 6.07 Å². The van der Waals surface area contributed by atoms with Crippen LogP contribution in [-0.2, 0) is 17.4 Å². The fraction of sp³-hybridized carbons (Fsp3) is 0.435. The minimum Gasteiger partial charge on any atom is -0.396 e. The summed E-state index contributed by atoms with van der Waals surface area (Å²) in [6.07, 6.45) is -0.518. The zero-order valence-corrected chi connectivity index (χ0v) is 17.3. The Morgan fingerprint density at radius 2 is 2.12 bits per heavy atom. The van der Waals surface area contributed by atoms with Gasteiger partial charge in [-0.3, -0.25) is 9.78 Å². The van der Waals surface area contributed by atoms with Crippen LogP contribution in [0.3, 0.4) is 0 Å². The number of benzene rings is 1. The minimum absolute atomic E-state index is 0.0271. The van der Waals surface area contributed by atoms with Crippen LogP contribution >= 0.6 is 0 Å². The Balaban J connectivity index is 1.52. The highest BCUT2D eigenvalue weighted by Crippen LogP contribution is 2.45. The molecule has 2 aliphatic rings. The Hall–Kier alpha value is -3.12. The van der Waals surface area contributed by atoms with Gasteiger partial charge in [0, 0.05) is 55.6 Å². The number of anilines is 1. The van der Waals surface area contributed by atoms with Crippen LogP contribution in [0.15, 0.2) is 42.7 Å². The number of alkyl halides is 3. The third-order valence-corrected chi connectivity index (χ3v) is 6.67. The number of amides is 1. The molecular formula is C23H23F3N4O2. The standard InChI is InChI=1S/C23H23F3N4O2/c24-23(25,26)20-9-19(4-3-17(20)10-27)30-13-18-12-29(7-5-22(18,14-30)15-31)21(32)8-16-2-1-6-28-11-16/h1-4,6,9,11,18,31H,5,7-8,12-15H2/t18-,22+/m1/s1. The molecule has 0 radical (unpaired) electrons.